The molecule has 0 radical (unpaired) electrons. The van der Waals surface area contributed by atoms with Gasteiger partial charge in [-0.2, -0.15) is 0 Å². The summed E-state index contributed by atoms with van der Waals surface area (Å²) >= 11 is 0. The number of primary amides is 1. The van der Waals surface area contributed by atoms with Crippen molar-refractivity contribution in [1.82, 2.24) is 24.8 Å². The van der Waals surface area contributed by atoms with Gasteiger partial charge in [-0.25, -0.2) is 9.78 Å². The maximum atomic E-state index is 13.1. The molecule has 3 rings (SSSR count). The van der Waals surface area contributed by atoms with E-state index in [1.165, 1.54) is 4.57 Å². The van der Waals surface area contributed by atoms with Gasteiger partial charge in [-0.05, 0) is 50.8 Å². The first kappa shape index (κ1) is 24.6. The summed E-state index contributed by atoms with van der Waals surface area (Å²) in [6, 6.07) is 1.64. The summed E-state index contributed by atoms with van der Waals surface area (Å²) in [5, 5.41) is 3.03. The van der Waals surface area contributed by atoms with Crippen LogP contribution in [-0.2, 0) is 11.3 Å². The second-order valence-corrected chi connectivity index (χ2v) is 9.01. The summed E-state index contributed by atoms with van der Waals surface area (Å²) in [6.07, 6.45) is 3.15. The summed E-state index contributed by atoms with van der Waals surface area (Å²) in [5.41, 5.74) is 5.42. The Bertz CT molecular complexity index is 1140. The van der Waals surface area contributed by atoms with E-state index in [1.54, 1.807) is 6.07 Å². The molecule has 0 bridgehead atoms. The van der Waals surface area contributed by atoms with Crippen molar-refractivity contribution >= 4 is 22.8 Å². The lowest BCUT2D eigenvalue weighted by atomic mass is 9.97. The number of fused-ring (bicyclic) bond motifs is 1. The van der Waals surface area contributed by atoms with Crippen LogP contribution in [0.15, 0.2) is 15.7 Å². The molecule has 10 nitrogen and oxygen atoms in total. The maximum Gasteiger partial charge on any atom is 0.329 e. The Morgan fingerprint density at radius 2 is 2.06 bits per heavy atom. The number of hydrogen-bond donors (Lipinski definition) is 3. The first-order chi connectivity index (χ1) is 15.7. The van der Waals surface area contributed by atoms with Crippen molar-refractivity contribution in [2.24, 2.45) is 11.7 Å². The second-order valence-electron chi connectivity index (χ2n) is 9.01. The zero-order chi connectivity index (χ0) is 24.1. The molecule has 0 aliphatic carbocycles. The van der Waals surface area contributed by atoms with Crippen LogP contribution in [0.1, 0.15) is 68.4 Å². The number of likely N-dealkylation sites (tertiary alicyclic amines) is 1. The summed E-state index contributed by atoms with van der Waals surface area (Å²) < 4.78 is 1.42. The molecule has 1 fully saturated rings. The fraction of sp³-hybridized carbons (Fsp3) is 0.609. The van der Waals surface area contributed by atoms with Crippen LogP contribution < -0.4 is 22.3 Å². The number of carbonyl (C=O) groups is 2. The Morgan fingerprint density at radius 3 is 2.73 bits per heavy atom. The van der Waals surface area contributed by atoms with E-state index in [0.29, 0.717) is 38.2 Å². The highest BCUT2D eigenvalue weighted by Crippen LogP contribution is 2.20. The van der Waals surface area contributed by atoms with Gasteiger partial charge in [-0.3, -0.25) is 23.9 Å². The standard InChI is InChI=1S/C23H34N6O4/c1-4-9-29-20-18(22(32)27-23(29)33)16(12-17(26-20)14(2)3)21(31)25-8-6-11-28-10-5-7-15(13-28)19(24)30/h12,14-15H,4-11,13H2,1-3H3,(H2,24,30)(H,25,31)(H,27,32,33). The Labute approximate surface area is 192 Å². The topological polar surface area (TPSA) is 143 Å². The lowest BCUT2D eigenvalue weighted by Gasteiger charge is -2.31. The molecular formula is C23H34N6O4. The van der Waals surface area contributed by atoms with E-state index >= 15 is 0 Å². The van der Waals surface area contributed by atoms with Crippen LogP contribution >= 0.6 is 0 Å². The lowest BCUT2D eigenvalue weighted by molar-refractivity contribution is -0.123. The lowest BCUT2D eigenvalue weighted by Crippen LogP contribution is -2.42. The molecule has 33 heavy (non-hydrogen) atoms. The SMILES string of the molecule is CCCn1c(=O)[nH]c(=O)c2c(C(=O)NCCCN3CCCC(C(N)=O)C3)cc(C(C)C)nc21. The van der Waals surface area contributed by atoms with Crippen molar-refractivity contribution in [3.05, 3.63) is 38.2 Å². The maximum absolute atomic E-state index is 13.1. The van der Waals surface area contributed by atoms with Crippen molar-refractivity contribution in [3.63, 3.8) is 0 Å². The van der Waals surface area contributed by atoms with Crippen LogP contribution in [0.3, 0.4) is 0 Å². The number of nitrogens with one attached hydrogen (secondary N) is 2. The number of rotatable bonds is 9. The highest BCUT2D eigenvalue weighted by atomic mass is 16.2. The molecule has 1 aliphatic heterocycles. The van der Waals surface area contributed by atoms with Crippen molar-refractivity contribution in [3.8, 4) is 0 Å². The summed E-state index contributed by atoms with van der Waals surface area (Å²) in [7, 11) is 0. The van der Waals surface area contributed by atoms with Gasteiger partial charge < -0.3 is 16.0 Å². The van der Waals surface area contributed by atoms with Gasteiger partial charge in [0.1, 0.15) is 0 Å². The normalized spacial score (nSPS) is 16.9. The summed E-state index contributed by atoms with van der Waals surface area (Å²) in [4.78, 5) is 58.6. The fourth-order valence-corrected chi connectivity index (χ4v) is 4.29. The molecule has 0 aromatic carbocycles. The summed E-state index contributed by atoms with van der Waals surface area (Å²) in [6.45, 7) is 8.95. The Balaban J connectivity index is 1.79. The first-order valence-corrected chi connectivity index (χ1v) is 11.7. The van der Waals surface area contributed by atoms with Gasteiger partial charge in [-0.15, -0.1) is 0 Å². The third-order valence-electron chi connectivity index (χ3n) is 6.10. The second kappa shape index (κ2) is 10.7. The number of pyridine rings is 1. The molecule has 180 valence electrons. The van der Waals surface area contributed by atoms with E-state index < -0.39 is 11.2 Å². The molecule has 0 spiro atoms. The minimum Gasteiger partial charge on any atom is -0.369 e. The van der Waals surface area contributed by atoms with E-state index in [-0.39, 0.29) is 40.2 Å². The average molecular weight is 459 g/mol. The van der Waals surface area contributed by atoms with E-state index in [2.05, 4.69) is 20.2 Å². The molecule has 1 atom stereocenters. The fourth-order valence-electron chi connectivity index (χ4n) is 4.29. The number of nitrogens with two attached hydrogens (primary N) is 1. The first-order valence-electron chi connectivity index (χ1n) is 11.7. The zero-order valence-electron chi connectivity index (χ0n) is 19.6. The number of aromatic amines is 1. The smallest absolute Gasteiger partial charge is 0.329 e. The van der Waals surface area contributed by atoms with Gasteiger partial charge in [0.05, 0.1) is 16.9 Å². The van der Waals surface area contributed by atoms with Crippen LogP contribution in [0.5, 0.6) is 0 Å². The van der Waals surface area contributed by atoms with Gasteiger partial charge in [0.25, 0.3) is 11.5 Å². The minimum atomic E-state index is -0.610. The zero-order valence-corrected chi connectivity index (χ0v) is 19.6. The molecule has 1 unspecified atom stereocenters. The number of aromatic nitrogens is 3. The molecule has 10 heteroatoms. The molecule has 2 aromatic heterocycles. The number of hydrogen-bond acceptors (Lipinski definition) is 6. The largest absolute Gasteiger partial charge is 0.369 e. The van der Waals surface area contributed by atoms with E-state index in [4.69, 9.17) is 5.73 Å². The predicted molar refractivity (Wildman–Crippen MR) is 126 cm³/mol. The highest BCUT2D eigenvalue weighted by molar-refractivity contribution is 6.05. The highest BCUT2D eigenvalue weighted by Gasteiger charge is 2.24. The van der Waals surface area contributed by atoms with Gasteiger partial charge in [0.15, 0.2) is 5.65 Å². The molecule has 2 amide bonds. The predicted octanol–water partition coefficient (Wildman–Crippen LogP) is 0.935. The summed E-state index contributed by atoms with van der Waals surface area (Å²) in [5.74, 6) is -0.725. The monoisotopic (exact) mass is 458 g/mol. The molecule has 1 aliphatic rings. The quantitative estimate of drug-likeness (QED) is 0.477. The molecular weight excluding hydrogens is 424 g/mol. The third kappa shape index (κ3) is 5.68. The Morgan fingerprint density at radius 1 is 1.30 bits per heavy atom. The van der Waals surface area contributed by atoms with Crippen molar-refractivity contribution in [1.29, 1.82) is 0 Å². The van der Waals surface area contributed by atoms with Gasteiger partial charge in [0, 0.05) is 25.3 Å². The Hall–Kier alpha value is -3.01. The number of piperidine rings is 1. The number of carbonyl (C=O) groups excluding carboxylic acids is 2. The average Bonchev–Trinajstić information content (AvgIpc) is 2.78. The molecule has 3 heterocycles. The van der Waals surface area contributed by atoms with Crippen LogP contribution in [0.2, 0.25) is 0 Å². The van der Waals surface area contributed by atoms with Crippen LogP contribution in [-0.4, -0.2) is 57.4 Å². The van der Waals surface area contributed by atoms with Gasteiger partial charge in [0.2, 0.25) is 5.91 Å². The van der Waals surface area contributed by atoms with Crippen LogP contribution in [0, 0.1) is 5.92 Å². The Kier molecular flexibility index (Phi) is 8.01. The number of amides is 2. The number of aryl methyl sites for hydroxylation is 1. The molecule has 0 saturated carbocycles. The number of nitrogens with zero attached hydrogens (tertiary/aromatic N) is 3. The van der Waals surface area contributed by atoms with Crippen molar-refractivity contribution in [2.75, 3.05) is 26.2 Å². The van der Waals surface area contributed by atoms with E-state index in [0.717, 1.165) is 25.9 Å². The van der Waals surface area contributed by atoms with Gasteiger partial charge >= 0.3 is 5.69 Å². The molecule has 2 aromatic rings. The molecule has 4 N–H and O–H groups in total. The van der Waals surface area contributed by atoms with Crippen LogP contribution in [0.4, 0.5) is 0 Å². The van der Waals surface area contributed by atoms with E-state index in [9.17, 15) is 19.2 Å². The van der Waals surface area contributed by atoms with Crippen molar-refractivity contribution < 1.29 is 9.59 Å². The van der Waals surface area contributed by atoms with Crippen LogP contribution in [0.25, 0.3) is 11.0 Å². The minimum absolute atomic E-state index is 0.0164. The van der Waals surface area contributed by atoms with Gasteiger partial charge in [-0.1, -0.05) is 20.8 Å². The third-order valence-corrected chi connectivity index (χ3v) is 6.10. The van der Waals surface area contributed by atoms with Crippen molar-refractivity contribution in [2.45, 2.75) is 58.9 Å². The molecule has 1 saturated heterocycles. The number of H-pyrrole nitrogens is 1. The van der Waals surface area contributed by atoms with E-state index in [1.807, 2.05) is 20.8 Å².